The number of imide groups is 1. The summed E-state index contributed by atoms with van der Waals surface area (Å²) in [6, 6.07) is 13.0. The van der Waals surface area contributed by atoms with Crippen molar-refractivity contribution >= 4 is 33.4 Å². The smallest absolute Gasteiger partial charge is 0.263 e. The first-order valence-corrected chi connectivity index (χ1v) is 10.0. The van der Waals surface area contributed by atoms with Crippen molar-refractivity contribution in [1.82, 2.24) is 15.1 Å². The molecule has 150 valence electrons. The van der Waals surface area contributed by atoms with Crippen LogP contribution in [0.5, 0.6) is 0 Å². The second kappa shape index (κ2) is 7.13. The van der Waals surface area contributed by atoms with E-state index in [9.17, 15) is 9.59 Å². The Kier molecular flexibility index (Phi) is 4.43. The average molecular weight is 467 g/mol. The van der Waals surface area contributed by atoms with Crippen LogP contribution in [0, 0.1) is 6.92 Å². The van der Waals surface area contributed by atoms with Gasteiger partial charge in [-0.15, -0.1) is 0 Å². The molecular formula is C20H15BrN6O3. The lowest BCUT2D eigenvalue weighted by molar-refractivity contribution is -0.123. The molecule has 1 fully saturated rings. The minimum absolute atomic E-state index is 0.0801. The molecule has 0 unspecified atom stereocenters. The van der Waals surface area contributed by atoms with Crippen molar-refractivity contribution in [3.05, 3.63) is 64.5 Å². The molecule has 0 radical (unpaired) electrons. The summed E-state index contributed by atoms with van der Waals surface area (Å²) in [4.78, 5) is 31.3. The van der Waals surface area contributed by atoms with E-state index < -0.39 is 18.0 Å². The molecule has 1 aromatic heterocycles. The van der Waals surface area contributed by atoms with E-state index in [0.29, 0.717) is 11.5 Å². The van der Waals surface area contributed by atoms with Gasteiger partial charge in [-0.2, -0.15) is 10.1 Å². The van der Waals surface area contributed by atoms with Crippen LogP contribution in [-0.2, 0) is 16.1 Å². The number of nitrogens with zero attached hydrogens (tertiary/aromatic N) is 6. The Morgan fingerprint density at radius 3 is 2.50 bits per heavy atom. The molecule has 2 atom stereocenters. The van der Waals surface area contributed by atoms with E-state index >= 15 is 0 Å². The largest absolute Gasteiger partial charge is 0.337 e. The van der Waals surface area contributed by atoms with Crippen molar-refractivity contribution in [3.8, 4) is 11.4 Å². The molecule has 0 saturated carbocycles. The molecule has 0 bridgehead atoms. The predicted molar refractivity (Wildman–Crippen MR) is 109 cm³/mol. The molecule has 2 amide bonds. The van der Waals surface area contributed by atoms with E-state index in [-0.39, 0.29) is 18.3 Å². The standard InChI is InChI=1S/C20H15BrN6O3/c1-11-2-4-12(5-3-11)18-22-15(30-24-18)10-26-17-16(23-25-26)19(28)27(20(17)29)14-8-6-13(21)7-9-14/h2-9,16-17H,10H2,1H3/t16-,17+/m1/s1. The topological polar surface area (TPSA) is 104 Å². The van der Waals surface area contributed by atoms with Crippen LogP contribution in [0.15, 0.2) is 67.9 Å². The molecule has 1 saturated heterocycles. The summed E-state index contributed by atoms with van der Waals surface area (Å²) in [5, 5.41) is 13.4. The Bertz CT molecular complexity index is 1160. The van der Waals surface area contributed by atoms with Crippen LogP contribution in [0.2, 0.25) is 0 Å². The van der Waals surface area contributed by atoms with Crippen molar-refractivity contribution in [2.75, 3.05) is 4.90 Å². The van der Waals surface area contributed by atoms with Crippen LogP contribution in [-0.4, -0.2) is 39.0 Å². The van der Waals surface area contributed by atoms with Crippen LogP contribution in [0.1, 0.15) is 11.5 Å². The second-order valence-corrected chi connectivity index (χ2v) is 7.97. The summed E-state index contributed by atoms with van der Waals surface area (Å²) >= 11 is 3.35. The lowest BCUT2D eigenvalue weighted by Crippen LogP contribution is -2.39. The minimum Gasteiger partial charge on any atom is -0.337 e. The van der Waals surface area contributed by atoms with E-state index in [2.05, 4.69) is 36.4 Å². The maximum atomic E-state index is 13.0. The van der Waals surface area contributed by atoms with Gasteiger partial charge in [0.05, 0.1) is 5.69 Å². The van der Waals surface area contributed by atoms with E-state index in [1.807, 2.05) is 31.2 Å². The molecule has 5 rings (SSSR count). The number of fused-ring (bicyclic) bond motifs is 1. The Labute approximate surface area is 179 Å². The molecule has 3 aromatic rings. The maximum absolute atomic E-state index is 13.0. The van der Waals surface area contributed by atoms with E-state index in [0.717, 1.165) is 20.5 Å². The monoisotopic (exact) mass is 466 g/mol. The minimum atomic E-state index is -0.874. The first-order chi connectivity index (χ1) is 14.5. The summed E-state index contributed by atoms with van der Waals surface area (Å²) in [6.45, 7) is 2.08. The summed E-state index contributed by atoms with van der Waals surface area (Å²) in [6.07, 6.45) is 0. The Hall–Kier alpha value is -3.40. The zero-order chi connectivity index (χ0) is 20.8. The third kappa shape index (κ3) is 3.09. The van der Waals surface area contributed by atoms with Crippen molar-refractivity contribution in [2.45, 2.75) is 25.6 Å². The molecule has 3 heterocycles. The molecule has 30 heavy (non-hydrogen) atoms. The van der Waals surface area contributed by atoms with Crippen LogP contribution >= 0.6 is 15.9 Å². The molecule has 10 heteroatoms. The van der Waals surface area contributed by atoms with Gasteiger partial charge in [0.25, 0.3) is 11.8 Å². The number of halogens is 1. The number of aryl methyl sites for hydroxylation is 1. The van der Waals surface area contributed by atoms with Gasteiger partial charge in [0.1, 0.15) is 6.54 Å². The SMILES string of the molecule is Cc1ccc(-c2noc(CN3N=N[C@H]4C(=O)N(c5ccc(Br)cc5)C(=O)[C@H]43)n2)cc1. The number of benzene rings is 2. The van der Waals surface area contributed by atoms with Crippen LogP contribution in [0.3, 0.4) is 0 Å². The fourth-order valence-corrected chi connectivity index (χ4v) is 3.74. The second-order valence-electron chi connectivity index (χ2n) is 7.06. The quantitative estimate of drug-likeness (QED) is 0.546. The van der Waals surface area contributed by atoms with Gasteiger partial charge in [0, 0.05) is 10.0 Å². The van der Waals surface area contributed by atoms with Crippen molar-refractivity contribution in [3.63, 3.8) is 0 Å². The molecule has 2 aliphatic rings. The molecule has 2 aliphatic heterocycles. The average Bonchev–Trinajstić information content (AvgIpc) is 3.43. The molecule has 9 nitrogen and oxygen atoms in total. The number of carbonyl (C=O) groups excluding carboxylic acids is 2. The van der Waals surface area contributed by atoms with Gasteiger partial charge in [0.15, 0.2) is 12.1 Å². The van der Waals surface area contributed by atoms with Crippen LogP contribution in [0.4, 0.5) is 5.69 Å². The highest BCUT2D eigenvalue weighted by molar-refractivity contribution is 9.10. The first-order valence-electron chi connectivity index (χ1n) is 9.22. The van der Waals surface area contributed by atoms with Gasteiger partial charge < -0.3 is 4.52 Å². The Balaban J connectivity index is 1.36. The van der Waals surface area contributed by atoms with Gasteiger partial charge in [-0.05, 0) is 31.2 Å². The zero-order valence-electron chi connectivity index (χ0n) is 15.8. The number of anilines is 1. The molecular weight excluding hydrogens is 452 g/mol. The number of hydrogen-bond donors (Lipinski definition) is 0. The molecule has 0 spiro atoms. The van der Waals surface area contributed by atoms with E-state index in [1.54, 1.807) is 24.3 Å². The van der Waals surface area contributed by atoms with Gasteiger partial charge in [-0.3, -0.25) is 14.6 Å². The number of carbonyl (C=O) groups is 2. The van der Waals surface area contributed by atoms with Crippen molar-refractivity contribution in [1.29, 1.82) is 0 Å². The fourth-order valence-electron chi connectivity index (χ4n) is 3.48. The maximum Gasteiger partial charge on any atom is 0.263 e. The van der Waals surface area contributed by atoms with Crippen molar-refractivity contribution < 1.29 is 14.1 Å². The lowest BCUT2D eigenvalue weighted by Gasteiger charge is -2.19. The van der Waals surface area contributed by atoms with Crippen LogP contribution in [0.25, 0.3) is 11.4 Å². The zero-order valence-corrected chi connectivity index (χ0v) is 17.4. The summed E-state index contributed by atoms with van der Waals surface area (Å²) in [5.41, 5.74) is 2.45. The lowest BCUT2D eigenvalue weighted by atomic mass is 10.1. The first kappa shape index (κ1) is 18.6. The van der Waals surface area contributed by atoms with Gasteiger partial charge in [0.2, 0.25) is 11.7 Å². The fraction of sp³-hybridized carbons (Fsp3) is 0.200. The number of hydrogen-bond acceptors (Lipinski definition) is 8. The third-order valence-corrected chi connectivity index (χ3v) is 5.55. The third-order valence-electron chi connectivity index (χ3n) is 5.02. The summed E-state index contributed by atoms with van der Waals surface area (Å²) in [7, 11) is 0. The Morgan fingerprint density at radius 2 is 1.77 bits per heavy atom. The highest BCUT2D eigenvalue weighted by Crippen LogP contribution is 2.33. The number of rotatable bonds is 4. The normalized spacial score (nSPS) is 20.3. The van der Waals surface area contributed by atoms with Gasteiger partial charge in [-0.1, -0.05) is 56.1 Å². The molecule has 0 aliphatic carbocycles. The van der Waals surface area contributed by atoms with Gasteiger partial charge in [-0.25, -0.2) is 4.90 Å². The number of amides is 2. The number of aromatic nitrogens is 2. The highest BCUT2D eigenvalue weighted by Gasteiger charge is 2.55. The van der Waals surface area contributed by atoms with Crippen molar-refractivity contribution in [2.24, 2.45) is 10.3 Å². The Morgan fingerprint density at radius 1 is 1.03 bits per heavy atom. The molecule has 2 aromatic carbocycles. The molecule has 0 N–H and O–H groups in total. The predicted octanol–water partition coefficient (Wildman–Crippen LogP) is 3.30. The van der Waals surface area contributed by atoms with E-state index in [1.165, 1.54) is 5.01 Å². The highest BCUT2D eigenvalue weighted by atomic mass is 79.9. The van der Waals surface area contributed by atoms with E-state index in [4.69, 9.17) is 4.52 Å². The van der Waals surface area contributed by atoms with Gasteiger partial charge >= 0.3 is 0 Å². The summed E-state index contributed by atoms with van der Waals surface area (Å²) < 4.78 is 6.18. The van der Waals surface area contributed by atoms with Crippen LogP contribution < -0.4 is 4.90 Å². The summed E-state index contributed by atoms with van der Waals surface area (Å²) in [5.74, 6) is -0.0458.